The van der Waals surface area contributed by atoms with Crippen LogP contribution in [0.2, 0.25) is 0 Å². The van der Waals surface area contributed by atoms with Crippen molar-refractivity contribution in [1.29, 1.82) is 0 Å². The Bertz CT molecular complexity index is 463. The quantitative estimate of drug-likeness (QED) is 0.746. The molecule has 1 aromatic carbocycles. The monoisotopic (exact) mass is 291 g/mol. The van der Waals surface area contributed by atoms with Gasteiger partial charge in [0.2, 0.25) is 0 Å². The second-order valence-electron chi connectivity index (χ2n) is 6.32. The van der Waals surface area contributed by atoms with E-state index in [0.29, 0.717) is 6.54 Å². The maximum atomic E-state index is 9.27. The Morgan fingerprint density at radius 2 is 2.14 bits per heavy atom. The first-order valence-corrected chi connectivity index (χ1v) is 7.97. The summed E-state index contributed by atoms with van der Waals surface area (Å²) >= 11 is 0. The highest BCUT2D eigenvalue weighted by Gasteiger charge is 2.19. The molecule has 1 aliphatic rings. The Morgan fingerprint density at radius 1 is 1.38 bits per heavy atom. The molecule has 3 atom stereocenters. The summed E-state index contributed by atoms with van der Waals surface area (Å²) in [7, 11) is 2.15. The lowest BCUT2D eigenvalue weighted by atomic mass is 9.95. The van der Waals surface area contributed by atoms with Gasteiger partial charge >= 0.3 is 0 Å². The minimum Gasteiger partial charge on any atom is -0.396 e. The molecule has 0 saturated heterocycles. The number of aliphatic hydroxyl groups excluding tert-OH is 1. The number of fused-ring (bicyclic) bond motifs is 1. The van der Waals surface area contributed by atoms with Gasteiger partial charge in [0.05, 0.1) is 0 Å². The highest BCUT2D eigenvalue weighted by Crippen LogP contribution is 2.28. The molecule has 0 bridgehead atoms. The van der Waals surface area contributed by atoms with Gasteiger partial charge in [-0.15, -0.1) is 0 Å². The van der Waals surface area contributed by atoms with Gasteiger partial charge in [0.15, 0.2) is 0 Å². The second-order valence-corrected chi connectivity index (χ2v) is 6.32. The van der Waals surface area contributed by atoms with Crippen molar-refractivity contribution >= 4 is 5.69 Å². The van der Waals surface area contributed by atoms with Crippen LogP contribution in [0.25, 0.3) is 0 Å². The fourth-order valence-corrected chi connectivity index (χ4v) is 2.96. The Balaban J connectivity index is 2.15. The van der Waals surface area contributed by atoms with Crippen molar-refractivity contribution < 1.29 is 5.11 Å². The number of nitrogens with two attached hydrogens (primary N) is 1. The van der Waals surface area contributed by atoms with Crippen LogP contribution in [-0.4, -0.2) is 37.9 Å². The van der Waals surface area contributed by atoms with Gasteiger partial charge in [-0.1, -0.05) is 19.1 Å². The van der Waals surface area contributed by atoms with E-state index in [2.05, 4.69) is 42.4 Å². The average Bonchev–Trinajstić information content (AvgIpc) is 2.51. The third-order valence-corrected chi connectivity index (χ3v) is 4.70. The van der Waals surface area contributed by atoms with E-state index in [4.69, 9.17) is 5.73 Å². The molecule has 118 valence electrons. The summed E-state index contributed by atoms with van der Waals surface area (Å²) in [5.41, 5.74) is 9.98. The lowest BCUT2D eigenvalue weighted by molar-refractivity contribution is 0.201. The fourth-order valence-electron chi connectivity index (χ4n) is 2.96. The second kappa shape index (κ2) is 7.25. The minimum absolute atomic E-state index is 0.145. The lowest BCUT2D eigenvalue weighted by Crippen LogP contribution is -2.39. The third-order valence-electron chi connectivity index (χ3n) is 4.70. The first-order valence-electron chi connectivity index (χ1n) is 7.97. The van der Waals surface area contributed by atoms with Gasteiger partial charge in [0, 0.05) is 44.5 Å². The standard InChI is InChI=1S/C17H29N3O/c1-12(11-21)13(2)19-16(10-18)14-6-7-17-15(9-14)5-4-8-20(17)3/h6-7,9,12-13,16,19,21H,4-5,8,10-11,18H2,1-3H3. The number of benzene rings is 1. The average molecular weight is 291 g/mol. The van der Waals surface area contributed by atoms with Gasteiger partial charge in [-0.3, -0.25) is 0 Å². The summed E-state index contributed by atoms with van der Waals surface area (Å²) in [4.78, 5) is 2.32. The van der Waals surface area contributed by atoms with Crippen LogP contribution in [0.15, 0.2) is 18.2 Å². The third kappa shape index (κ3) is 3.76. The van der Waals surface area contributed by atoms with Crippen molar-refractivity contribution in [2.24, 2.45) is 11.7 Å². The summed E-state index contributed by atoms with van der Waals surface area (Å²) in [6, 6.07) is 7.08. The van der Waals surface area contributed by atoms with Crippen LogP contribution in [-0.2, 0) is 6.42 Å². The fraction of sp³-hybridized carbons (Fsp3) is 0.647. The molecule has 0 fully saturated rings. The van der Waals surface area contributed by atoms with E-state index in [1.807, 2.05) is 6.92 Å². The first kappa shape index (κ1) is 16.3. The van der Waals surface area contributed by atoms with Crippen LogP contribution >= 0.6 is 0 Å². The normalized spacial score (nSPS) is 19.0. The summed E-state index contributed by atoms with van der Waals surface area (Å²) in [6.07, 6.45) is 2.36. The summed E-state index contributed by atoms with van der Waals surface area (Å²) in [5.74, 6) is 0.225. The molecule has 1 heterocycles. The highest BCUT2D eigenvalue weighted by atomic mass is 16.3. The Labute approximate surface area is 128 Å². The highest BCUT2D eigenvalue weighted by molar-refractivity contribution is 5.56. The summed E-state index contributed by atoms with van der Waals surface area (Å²) in [5, 5.41) is 12.8. The first-order chi connectivity index (χ1) is 10.1. The van der Waals surface area contributed by atoms with Gasteiger partial charge in [-0.2, -0.15) is 0 Å². The van der Waals surface area contributed by atoms with E-state index >= 15 is 0 Å². The molecule has 0 amide bonds. The van der Waals surface area contributed by atoms with E-state index in [1.54, 1.807) is 0 Å². The number of nitrogens with zero attached hydrogens (tertiary/aromatic N) is 1. The largest absolute Gasteiger partial charge is 0.396 e. The van der Waals surface area contributed by atoms with E-state index in [9.17, 15) is 5.11 Å². The van der Waals surface area contributed by atoms with Crippen molar-refractivity contribution in [2.45, 2.75) is 38.8 Å². The van der Waals surface area contributed by atoms with E-state index in [0.717, 1.165) is 13.0 Å². The molecule has 0 saturated carbocycles. The summed E-state index contributed by atoms with van der Waals surface area (Å²) < 4.78 is 0. The summed E-state index contributed by atoms with van der Waals surface area (Å²) in [6.45, 7) is 6.05. The molecule has 3 unspecified atom stereocenters. The molecule has 4 nitrogen and oxygen atoms in total. The van der Waals surface area contributed by atoms with Gasteiger partial charge in [0.25, 0.3) is 0 Å². The number of hydrogen-bond donors (Lipinski definition) is 3. The van der Waals surface area contributed by atoms with Gasteiger partial charge in [-0.05, 0) is 42.9 Å². The molecule has 0 radical (unpaired) electrons. The van der Waals surface area contributed by atoms with Crippen molar-refractivity contribution in [3.8, 4) is 0 Å². The predicted molar refractivity (Wildman–Crippen MR) is 88.7 cm³/mol. The smallest absolute Gasteiger partial charge is 0.0471 e. The lowest BCUT2D eigenvalue weighted by Gasteiger charge is -2.30. The molecule has 4 heteroatoms. The number of rotatable bonds is 6. The topological polar surface area (TPSA) is 61.5 Å². The number of anilines is 1. The van der Waals surface area contributed by atoms with Crippen molar-refractivity contribution in [1.82, 2.24) is 5.32 Å². The molecule has 0 aliphatic carbocycles. The predicted octanol–water partition coefficient (Wildman–Crippen LogP) is 1.68. The molecule has 0 aromatic heterocycles. The number of aryl methyl sites for hydroxylation is 1. The molecular formula is C17H29N3O. The Morgan fingerprint density at radius 3 is 2.81 bits per heavy atom. The number of nitrogens with one attached hydrogen (secondary N) is 1. The Kier molecular flexibility index (Phi) is 5.62. The van der Waals surface area contributed by atoms with Crippen LogP contribution in [0.3, 0.4) is 0 Å². The van der Waals surface area contributed by atoms with Gasteiger partial charge < -0.3 is 21.1 Å². The molecule has 4 N–H and O–H groups in total. The van der Waals surface area contributed by atoms with Gasteiger partial charge in [-0.25, -0.2) is 0 Å². The van der Waals surface area contributed by atoms with Crippen LogP contribution in [0.5, 0.6) is 0 Å². The van der Waals surface area contributed by atoms with Crippen molar-refractivity contribution in [3.05, 3.63) is 29.3 Å². The molecule has 1 aliphatic heterocycles. The zero-order valence-electron chi connectivity index (χ0n) is 13.5. The molecule has 21 heavy (non-hydrogen) atoms. The molecule has 2 rings (SSSR count). The molecular weight excluding hydrogens is 262 g/mol. The van der Waals surface area contributed by atoms with E-state index < -0.39 is 0 Å². The maximum Gasteiger partial charge on any atom is 0.0471 e. The van der Waals surface area contributed by atoms with Crippen LogP contribution in [0, 0.1) is 5.92 Å². The van der Waals surface area contributed by atoms with Crippen molar-refractivity contribution in [2.75, 3.05) is 31.6 Å². The van der Waals surface area contributed by atoms with Crippen molar-refractivity contribution in [3.63, 3.8) is 0 Å². The van der Waals surface area contributed by atoms with E-state index in [1.165, 1.54) is 23.2 Å². The molecule has 0 spiro atoms. The van der Waals surface area contributed by atoms with Crippen LogP contribution in [0.1, 0.15) is 37.4 Å². The van der Waals surface area contributed by atoms with Crippen LogP contribution < -0.4 is 16.0 Å². The molecule has 1 aromatic rings. The number of aliphatic hydroxyl groups is 1. The zero-order chi connectivity index (χ0) is 15.4. The zero-order valence-corrected chi connectivity index (χ0v) is 13.5. The van der Waals surface area contributed by atoms with Gasteiger partial charge in [0.1, 0.15) is 0 Å². The Hall–Kier alpha value is -1.10. The SMILES string of the molecule is CC(CO)C(C)NC(CN)c1ccc2c(c1)CCCN2C. The minimum atomic E-state index is 0.145. The number of hydrogen-bond acceptors (Lipinski definition) is 4. The maximum absolute atomic E-state index is 9.27. The van der Waals surface area contributed by atoms with E-state index in [-0.39, 0.29) is 24.6 Å². The van der Waals surface area contributed by atoms with Crippen LogP contribution in [0.4, 0.5) is 5.69 Å².